The van der Waals surface area contributed by atoms with E-state index in [2.05, 4.69) is 25.9 Å². The maximum absolute atomic E-state index is 13.1. The number of carbonyl (C=O) groups excluding carboxylic acids is 1. The molecule has 29 heavy (non-hydrogen) atoms. The van der Waals surface area contributed by atoms with Crippen molar-refractivity contribution in [3.05, 3.63) is 104 Å². The van der Waals surface area contributed by atoms with E-state index in [-0.39, 0.29) is 22.5 Å². The van der Waals surface area contributed by atoms with Gasteiger partial charge in [0, 0.05) is 17.3 Å². The van der Waals surface area contributed by atoms with Gasteiger partial charge in [0.25, 0.3) is 0 Å². The number of hydrogen-bond acceptors (Lipinski definition) is 4. The molecule has 0 aliphatic heterocycles. The fourth-order valence-corrected chi connectivity index (χ4v) is 3.63. The molecule has 0 aliphatic rings. The predicted octanol–water partition coefficient (Wildman–Crippen LogP) is 4.45. The van der Waals surface area contributed by atoms with Crippen LogP contribution in [-0.4, -0.2) is 20.3 Å². The van der Waals surface area contributed by atoms with Crippen LogP contribution in [0.1, 0.15) is 33.0 Å². The first-order valence-corrected chi connectivity index (χ1v) is 9.96. The number of pyridine rings is 3. The van der Waals surface area contributed by atoms with E-state index in [0.29, 0.717) is 11.9 Å². The molecule has 0 fully saturated rings. The Morgan fingerprint density at radius 3 is 2.55 bits per heavy atom. The Balaban J connectivity index is 1.88. The van der Waals surface area contributed by atoms with Gasteiger partial charge in [-0.15, -0.1) is 0 Å². The van der Waals surface area contributed by atoms with Gasteiger partial charge in [-0.05, 0) is 65.7 Å². The molecule has 0 atom stereocenters. The van der Waals surface area contributed by atoms with E-state index in [4.69, 9.17) is 0 Å². The van der Waals surface area contributed by atoms with Crippen LogP contribution < -0.4 is 5.43 Å². The molecule has 1 aromatic carbocycles. The highest BCUT2D eigenvalue weighted by molar-refractivity contribution is 9.10. The summed E-state index contributed by atoms with van der Waals surface area (Å²) in [6.45, 7) is 4.22. The third kappa shape index (κ3) is 3.76. The number of aryl methyl sites for hydroxylation is 2. The molecule has 4 aromatic rings. The largest absolute Gasteiger partial charge is 0.340 e. The van der Waals surface area contributed by atoms with Crippen LogP contribution >= 0.6 is 15.9 Å². The number of nitrogens with zero attached hydrogens (tertiary/aromatic N) is 3. The topological polar surface area (TPSA) is 64.8 Å². The Morgan fingerprint density at radius 1 is 1.00 bits per heavy atom. The third-order valence-electron chi connectivity index (χ3n) is 4.92. The first-order valence-electron chi connectivity index (χ1n) is 9.16. The molecule has 0 saturated carbocycles. The summed E-state index contributed by atoms with van der Waals surface area (Å²) >= 11 is 3.38. The lowest BCUT2D eigenvalue weighted by Crippen LogP contribution is -2.21. The van der Waals surface area contributed by atoms with Gasteiger partial charge in [-0.3, -0.25) is 9.59 Å². The summed E-state index contributed by atoms with van der Waals surface area (Å²) in [4.78, 5) is 35.1. The quantitative estimate of drug-likeness (QED) is 0.342. The molecule has 3 aromatic heterocycles. The minimum absolute atomic E-state index is 0.106. The summed E-state index contributed by atoms with van der Waals surface area (Å²) in [6, 6.07) is 16.5. The summed E-state index contributed by atoms with van der Waals surface area (Å²) in [5, 5.41) is 0.497. The lowest BCUT2D eigenvalue weighted by molar-refractivity contribution is 0.103. The van der Waals surface area contributed by atoms with Gasteiger partial charge in [-0.2, -0.15) is 0 Å². The van der Waals surface area contributed by atoms with Crippen molar-refractivity contribution in [3.63, 3.8) is 0 Å². The zero-order valence-electron chi connectivity index (χ0n) is 16.0. The minimum Gasteiger partial charge on any atom is -0.340 e. The summed E-state index contributed by atoms with van der Waals surface area (Å²) in [7, 11) is 0. The van der Waals surface area contributed by atoms with Crippen molar-refractivity contribution < 1.29 is 4.79 Å². The second kappa shape index (κ2) is 7.72. The molecule has 0 spiro atoms. The molecular weight excluding hydrogens is 430 g/mol. The SMILES string of the molecule is Cc1ccc(C(=O)c2cn(Cc3cccc(Br)n3)c3ccccc3c2=O)nc1C. The number of fused-ring (bicyclic) bond motifs is 1. The van der Waals surface area contributed by atoms with Crippen molar-refractivity contribution in [2.24, 2.45) is 0 Å². The fraction of sp³-hybridized carbons (Fsp3) is 0.130. The predicted molar refractivity (Wildman–Crippen MR) is 116 cm³/mol. The molecule has 0 aliphatic carbocycles. The number of aromatic nitrogens is 3. The van der Waals surface area contributed by atoms with Gasteiger partial charge in [-0.25, -0.2) is 9.97 Å². The summed E-state index contributed by atoms with van der Waals surface area (Å²) in [5.74, 6) is -0.375. The smallest absolute Gasteiger partial charge is 0.216 e. The normalized spacial score (nSPS) is 11.0. The van der Waals surface area contributed by atoms with Crippen molar-refractivity contribution in [2.75, 3.05) is 0 Å². The molecule has 3 heterocycles. The molecule has 144 valence electrons. The molecule has 4 rings (SSSR count). The van der Waals surface area contributed by atoms with E-state index in [1.54, 1.807) is 24.4 Å². The van der Waals surface area contributed by atoms with Crippen molar-refractivity contribution in [1.29, 1.82) is 0 Å². The van der Waals surface area contributed by atoms with Gasteiger partial charge in [0.05, 0.1) is 23.3 Å². The summed E-state index contributed by atoms with van der Waals surface area (Å²) in [5.41, 5.74) is 3.43. The lowest BCUT2D eigenvalue weighted by Gasteiger charge is -2.13. The van der Waals surface area contributed by atoms with Crippen LogP contribution in [0, 0.1) is 13.8 Å². The third-order valence-corrected chi connectivity index (χ3v) is 5.36. The van der Waals surface area contributed by atoms with Crippen molar-refractivity contribution in [1.82, 2.24) is 14.5 Å². The number of carbonyl (C=O) groups is 1. The van der Waals surface area contributed by atoms with Crippen LogP contribution in [0.15, 0.2) is 70.2 Å². The molecule has 0 unspecified atom stereocenters. The van der Waals surface area contributed by atoms with Gasteiger partial charge in [-0.1, -0.05) is 24.3 Å². The van der Waals surface area contributed by atoms with Gasteiger partial charge in [0.2, 0.25) is 11.2 Å². The van der Waals surface area contributed by atoms with E-state index in [1.807, 2.05) is 54.8 Å². The van der Waals surface area contributed by atoms with E-state index in [1.165, 1.54) is 0 Å². The number of benzene rings is 1. The number of para-hydroxylation sites is 1. The molecule has 0 N–H and O–H groups in total. The van der Waals surface area contributed by atoms with E-state index in [9.17, 15) is 9.59 Å². The van der Waals surface area contributed by atoms with E-state index in [0.717, 1.165) is 27.1 Å². The summed E-state index contributed by atoms with van der Waals surface area (Å²) < 4.78 is 2.62. The number of halogens is 1. The maximum atomic E-state index is 13.1. The van der Waals surface area contributed by atoms with Crippen LogP contribution in [0.5, 0.6) is 0 Å². The average molecular weight is 448 g/mol. The minimum atomic E-state index is -0.375. The van der Waals surface area contributed by atoms with Crippen LogP contribution in [-0.2, 0) is 6.54 Å². The molecule has 6 heteroatoms. The van der Waals surface area contributed by atoms with Crippen LogP contribution in [0.4, 0.5) is 0 Å². The number of hydrogen-bond donors (Lipinski definition) is 0. The van der Waals surface area contributed by atoms with Gasteiger partial charge < -0.3 is 4.57 Å². The van der Waals surface area contributed by atoms with Gasteiger partial charge in [0.1, 0.15) is 10.3 Å². The second-order valence-electron chi connectivity index (χ2n) is 6.90. The Labute approximate surface area is 176 Å². The summed E-state index contributed by atoms with van der Waals surface area (Å²) in [6.07, 6.45) is 1.62. The molecule has 0 bridgehead atoms. The first-order chi connectivity index (χ1) is 13.9. The fourth-order valence-electron chi connectivity index (χ4n) is 3.25. The van der Waals surface area contributed by atoms with Crippen molar-refractivity contribution in [2.45, 2.75) is 20.4 Å². The van der Waals surface area contributed by atoms with E-state index >= 15 is 0 Å². The van der Waals surface area contributed by atoms with E-state index < -0.39 is 0 Å². The maximum Gasteiger partial charge on any atom is 0.216 e. The zero-order chi connectivity index (χ0) is 20.5. The first kappa shape index (κ1) is 19.2. The lowest BCUT2D eigenvalue weighted by atomic mass is 10.0. The van der Waals surface area contributed by atoms with Crippen LogP contribution in [0.3, 0.4) is 0 Å². The van der Waals surface area contributed by atoms with Gasteiger partial charge >= 0.3 is 0 Å². The monoisotopic (exact) mass is 447 g/mol. The average Bonchev–Trinajstić information content (AvgIpc) is 2.72. The standard InChI is InChI=1S/C23H18BrN3O2/c1-14-10-11-19(25-15(14)2)23(29)18-13-27(12-16-6-5-9-21(24)26-16)20-8-4-3-7-17(20)22(18)28/h3-11,13H,12H2,1-2H3. The van der Waals surface area contributed by atoms with Crippen molar-refractivity contribution >= 4 is 32.6 Å². The van der Waals surface area contributed by atoms with Crippen LogP contribution in [0.25, 0.3) is 10.9 Å². The zero-order valence-corrected chi connectivity index (χ0v) is 17.6. The molecule has 0 radical (unpaired) electrons. The number of ketones is 1. The molecular formula is C23H18BrN3O2. The number of rotatable bonds is 4. The van der Waals surface area contributed by atoms with Gasteiger partial charge in [0.15, 0.2) is 0 Å². The van der Waals surface area contributed by atoms with Crippen molar-refractivity contribution in [3.8, 4) is 0 Å². The Morgan fingerprint density at radius 2 is 1.79 bits per heavy atom. The molecule has 5 nitrogen and oxygen atoms in total. The Hall–Kier alpha value is -3.12. The second-order valence-corrected chi connectivity index (χ2v) is 7.71. The Bertz CT molecular complexity index is 1310. The molecule has 0 saturated heterocycles. The molecule has 0 amide bonds. The highest BCUT2D eigenvalue weighted by Crippen LogP contribution is 2.17. The highest BCUT2D eigenvalue weighted by Gasteiger charge is 2.19. The Kier molecular flexibility index (Phi) is 5.11. The highest BCUT2D eigenvalue weighted by atomic mass is 79.9. The van der Waals surface area contributed by atoms with Crippen LogP contribution in [0.2, 0.25) is 0 Å².